The van der Waals surface area contributed by atoms with Crippen LogP contribution in [-0.2, 0) is 14.6 Å². The summed E-state index contributed by atoms with van der Waals surface area (Å²) in [5.41, 5.74) is 0.591. The van der Waals surface area contributed by atoms with E-state index < -0.39 is 15.8 Å². The van der Waals surface area contributed by atoms with Crippen molar-refractivity contribution < 1.29 is 18.3 Å². The molecule has 0 aliphatic carbocycles. The van der Waals surface area contributed by atoms with E-state index in [-0.39, 0.29) is 18.8 Å². The Hall–Kier alpha value is -1.27. The third-order valence-electron chi connectivity index (χ3n) is 2.23. The second-order valence-corrected chi connectivity index (χ2v) is 6.62. The van der Waals surface area contributed by atoms with E-state index in [0.717, 1.165) is 6.26 Å². The fourth-order valence-electron chi connectivity index (χ4n) is 1.41. The Labute approximate surface area is 111 Å². The Kier molecular flexibility index (Phi) is 4.98. The molecule has 0 aliphatic rings. The summed E-state index contributed by atoms with van der Waals surface area (Å²) in [6.07, 6.45) is 1.11. The number of carbonyl (C=O) groups is 1. The lowest BCUT2D eigenvalue weighted by Gasteiger charge is -2.22. The molecule has 0 fully saturated rings. The topological polar surface area (TPSA) is 74.7 Å². The van der Waals surface area contributed by atoms with Crippen LogP contribution in [0.5, 0.6) is 0 Å². The van der Waals surface area contributed by atoms with Crippen molar-refractivity contribution in [3.63, 3.8) is 0 Å². The average molecular weight is 292 g/mol. The van der Waals surface area contributed by atoms with Crippen LogP contribution in [-0.4, -0.2) is 44.6 Å². The number of hydrogen-bond donors (Lipinski definition) is 1. The number of aliphatic carboxylic acids is 1. The van der Waals surface area contributed by atoms with Crippen LogP contribution in [0.1, 0.15) is 0 Å². The Morgan fingerprint density at radius 3 is 2.61 bits per heavy atom. The van der Waals surface area contributed by atoms with E-state index in [1.807, 2.05) is 0 Å². The minimum atomic E-state index is -3.14. The number of sulfone groups is 1. The van der Waals surface area contributed by atoms with Gasteiger partial charge in [-0.05, 0) is 18.2 Å². The second-order valence-electron chi connectivity index (χ2n) is 3.93. The Morgan fingerprint density at radius 1 is 1.44 bits per heavy atom. The van der Waals surface area contributed by atoms with E-state index in [9.17, 15) is 13.2 Å². The zero-order valence-corrected chi connectivity index (χ0v) is 11.4. The number of benzene rings is 1. The Bertz CT molecular complexity index is 530. The molecule has 0 radical (unpaired) electrons. The summed E-state index contributed by atoms with van der Waals surface area (Å²) in [5.74, 6) is -1.13. The lowest BCUT2D eigenvalue weighted by atomic mass is 10.3. The summed E-state index contributed by atoms with van der Waals surface area (Å²) >= 11 is 5.82. The number of hydrogen-bond acceptors (Lipinski definition) is 4. The number of halogens is 1. The second kappa shape index (κ2) is 6.06. The number of anilines is 1. The van der Waals surface area contributed by atoms with Crippen molar-refractivity contribution in [2.75, 3.05) is 30.0 Å². The summed E-state index contributed by atoms with van der Waals surface area (Å²) in [4.78, 5) is 12.2. The van der Waals surface area contributed by atoms with Gasteiger partial charge < -0.3 is 10.0 Å². The van der Waals surface area contributed by atoms with E-state index in [2.05, 4.69) is 0 Å². The standard InChI is InChI=1S/C11H14ClNO4S/c1-18(16,17)6-5-13(8-11(14)15)10-4-2-3-9(12)7-10/h2-4,7H,5-6,8H2,1H3,(H,14,15). The molecule has 1 aromatic rings. The van der Waals surface area contributed by atoms with Crippen molar-refractivity contribution in [1.29, 1.82) is 0 Å². The van der Waals surface area contributed by atoms with Crippen LogP contribution in [0.4, 0.5) is 5.69 Å². The van der Waals surface area contributed by atoms with E-state index in [0.29, 0.717) is 10.7 Å². The zero-order chi connectivity index (χ0) is 13.8. The van der Waals surface area contributed by atoms with Gasteiger partial charge in [-0.15, -0.1) is 0 Å². The number of carboxylic acids is 1. The average Bonchev–Trinajstić information content (AvgIpc) is 2.22. The van der Waals surface area contributed by atoms with E-state index >= 15 is 0 Å². The Balaban J connectivity index is 2.87. The first-order chi connectivity index (χ1) is 8.28. The van der Waals surface area contributed by atoms with Gasteiger partial charge in [0.1, 0.15) is 16.4 Å². The molecule has 5 nitrogen and oxygen atoms in total. The van der Waals surface area contributed by atoms with Gasteiger partial charge in [0.2, 0.25) is 0 Å². The van der Waals surface area contributed by atoms with Gasteiger partial charge in [-0.3, -0.25) is 4.79 Å². The van der Waals surface area contributed by atoms with Crippen molar-refractivity contribution in [3.8, 4) is 0 Å². The molecule has 0 bridgehead atoms. The predicted octanol–water partition coefficient (Wildman–Crippen LogP) is 1.28. The molecule has 0 aromatic heterocycles. The first kappa shape index (κ1) is 14.8. The number of rotatable bonds is 6. The molecular formula is C11H14ClNO4S. The lowest BCUT2D eigenvalue weighted by Crippen LogP contribution is -2.33. The van der Waals surface area contributed by atoms with Crippen LogP contribution in [0.15, 0.2) is 24.3 Å². The fourth-order valence-corrected chi connectivity index (χ4v) is 2.15. The van der Waals surface area contributed by atoms with E-state index in [4.69, 9.17) is 16.7 Å². The molecule has 0 saturated heterocycles. The molecule has 18 heavy (non-hydrogen) atoms. The van der Waals surface area contributed by atoms with Gasteiger partial charge in [-0.2, -0.15) is 0 Å². The first-order valence-corrected chi connectivity index (χ1v) is 7.62. The highest BCUT2D eigenvalue weighted by Crippen LogP contribution is 2.19. The highest BCUT2D eigenvalue weighted by molar-refractivity contribution is 7.90. The van der Waals surface area contributed by atoms with Crippen molar-refractivity contribution in [1.82, 2.24) is 0 Å². The van der Waals surface area contributed by atoms with Gasteiger partial charge >= 0.3 is 5.97 Å². The summed E-state index contributed by atoms with van der Waals surface area (Å²) in [6, 6.07) is 6.65. The molecule has 0 amide bonds. The van der Waals surface area contributed by atoms with Gasteiger partial charge in [0.15, 0.2) is 0 Å². The molecule has 7 heteroatoms. The van der Waals surface area contributed by atoms with Crippen LogP contribution in [0.3, 0.4) is 0 Å². The van der Waals surface area contributed by atoms with Crippen molar-refractivity contribution in [2.24, 2.45) is 0 Å². The summed E-state index contributed by atoms with van der Waals surface area (Å²) in [7, 11) is -3.14. The lowest BCUT2D eigenvalue weighted by molar-refractivity contribution is -0.135. The zero-order valence-electron chi connectivity index (χ0n) is 9.84. The van der Waals surface area contributed by atoms with Crippen LogP contribution in [0, 0.1) is 0 Å². The minimum absolute atomic E-state index is 0.104. The highest BCUT2D eigenvalue weighted by Gasteiger charge is 2.13. The Morgan fingerprint density at radius 2 is 2.11 bits per heavy atom. The minimum Gasteiger partial charge on any atom is -0.480 e. The smallest absolute Gasteiger partial charge is 0.323 e. The molecule has 0 spiro atoms. The fraction of sp³-hybridized carbons (Fsp3) is 0.364. The maximum absolute atomic E-state index is 11.1. The van der Waals surface area contributed by atoms with Crippen LogP contribution >= 0.6 is 11.6 Å². The van der Waals surface area contributed by atoms with Crippen molar-refractivity contribution in [3.05, 3.63) is 29.3 Å². The molecule has 100 valence electrons. The molecule has 1 N–H and O–H groups in total. The van der Waals surface area contributed by atoms with E-state index in [1.54, 1.807) is 24.3 Å². The van der Waals surface area contributed by atoms with Gasteiger partial charge in [0.25, 0.3) is 0 Å². The molecule has 0 saturated carbocycles. The van der Waals surface area contributed by atoms with Crippen molar-refractivity contribution in [2.45, 2.75) is 0 Å². The summed E-state index contributed by atoms with van der Waals surface area (Å²) < 4.78 is 22.2. The number of carboxylic acid groups (broad SMARTS) is 1. The molecule has 0 heterocycles. The van der Waals surface area contributed by atoms with Gasteiger partial charge in [0, 0.05) is 23.5 Å². The quantitative estimate of drug-likeness (QED) is 0.854. The van der Waals surface area contributed by atoms with Gasteiger partial charge in [-0.1, -0.05) is 17.7 Å². The molecule has 1 rings (SSSR count). The number of nitrogens with zero attached hydrogens (tertiary/aromatic N) is 1. The van der Waals surface area contributed by atoms with Crippen LogP contribution in [0.25, 0.3) is 0 Å². The molecule has 0 aliphatic heterocycles. The highest BCUT2D eigenvalue weighted by atomic mass is 35.5. The summed E-state index contributed by atoms with van der Waals surface area (Å²) in [5, 5.41) is 9.29. The summed E-state index contributed by atoms with van der Waals surface area (Å²) in [6.45, 7) is -0.151. The monoisotopic (exact) mass is 291 g/mol. The first-order valence-electron chi connectivity index (χ1n) is 5.18. The maximum Gasteiger partial charge on any atom is 0.323 e. The third kappa shape index (κ3) is 5.37. The van der Waals surface area contributed by atoms with Crippen LogP contribution < -0.4 is 4.90 Å². The van der Waals surface area contributed by atoms with Crippen molar-refractivity contribution >= 4 is 33.1 Å². The SMILES string of the molecule is CS(=O)(=O)CCN(CC(=O)O)c1cccc(Cl)c1. The van der Waals surface area contributed by atoms with Gasteiger partial charge in [-0.25, -0.2) is 8.42 Å². The van der Waals surface area contributed by atoms with Gasteiger partial charge in [0.05, 0.1) is 5.75 Å². The molecule has 0 unspecified atom stereocenters. The third-order valence-corrected chi connectivity index (χ3v) is 3.39. The molecule has 0 atom stereocenters. The molecule has 1 aromatic carbocycles. The largest absolute Gasteiger partial charge is 0.480 e. The van der Waals surface area contributed by atoms with E-state index in [1.165, 1.54) is 4.90 Å². The van der Waals surface area contributed by atoms with Crippen LogP contribution in [0.2, 0.25) is 5.02 Å². The maximum atomic E-state index is 11.1. The molecular weight excluding hydrogens is 278 g/mol. The normalized spacial score (nSPS) is 11.2. The predicted molar refractivity (Wildman–Crippen MR) is 71.0 cm³/mol.